The van der Waals surface area contributed by atoms with Crippen LogP contribution in [0.15, 0.2) is 41.3 Å². The molecule has 5 nitrogen and oxygen atoms in total. The van der Waals surface area contributed by atoms with E-state index in [1.807, 2.05) is 18.2 Å². The van der Waals surface area contributed by atoms with Crippen molar-refractivity contribution in [2.45, 2.75) is 13.0 Å². The standard InChI is InChI=1S/C17H18ClN3O2/c1-11-7-16(22)14(9-20-11)17(23)21-6-5-19-10-15(21)12-3-2-4-13(18)8-12/h2-4,7-9,15,19H,5-6,10H2,1H3,(H,20,22). The maximum Gasteiger partial charge on any atom is 0.259 e. The van der Waals surface area contributed by atoms with Crippen LogP contribution in [0.25, 0.3) is 0 Å². The summed E-state index contributed by atoms with van der Waals surface area (Å²) in [5.41, 5.74) is 1.61. The lowest BCUT2D eigenvalue weighted by atomic mass is 10.0. The molecule has 2 heterocycles. The zero-order valence-corrected chi connectivity index (χ0v) is 13.6. The number of rotatable bonds is 2. The highest BCUT2D eigenvalue weighted by molar-refractivity contribution is 6.30. The number of hydrogen-bond donors (Lipinski definition) is 2. The Morgan fingerprint density at radius 2 is 2.17 bits per heavy atom. The quantitative estimate of drug-likeness (QED) is 0.886. The molecule has 1 unspecified atom stereocenters. The van der Waals surface area contributed by atoms with Crippen molar-refractivity contribution >= 4 is 17.5 Å². The van der Waals surface area contributed by atoms with Gasteiger partial charge in [0.05, 0.1) is 6.04 Å². The lowest BCUT2D eigenvalue weighted by molar-refractivity contribution is 0.0632. The molecule has 120 valence electrons. The molecule has 1 amide bonds. The van der Waals surface area contributed by atoms with Crippen LogP contribution in [-0.2, 0) is 0 Å². The van der Waals surface area contributed by atoms with Gasteiger partial charge < -0.3 is 15.2 Å². The third-order valence-electron chi connectivity index (χ3n) is 4.03. The topological polar surface area (TPSA) is 65.2 Å². The molecule has 2 N–H and O–H groups in total. The first-order valence-corrected chi connectivity index (χ1v) is 7.90. The number of piperazine rings is 1. The summed E-state index contributed by atoms with van der Waals surface area (Å²) in [6, 6.07) is 8.79. The summed E-state index contributed by atoms with van der Waals surface area (Å²) in [6.07, 6.45) is 1.50. The Bertz CT molecular complexity index is 787. The second-order valence-corrected chi connectivity index (χ2v) is 6.10. The second kappa shape index (κ2) is 6.56. The highest BCUT2D eigenvalue weighted by Gasteiger charge is 2.29. The fourth-order valence-electron chi connectivity index (χ4n) is 2.85. The van der Waals surface area contributed by atoms with E-state index >= 15 is 0 Å². The minimum atomic E-state index is -0.255. The van der Waals surface area contributed by atoms with Gasteiger partial charge in [-0.15, -0.1) is 0 Å². The number of halogens is 1. The first-order chi connectivity index (χ1) is 11.1. The Morgan fingerprint density at radius 3 is 2.91 bits per heavy atom. The average Bonchev–Trinajstić information content (AvgIpc) is 2.54. The van der Waals surface area contributed by atoms with Crippen molar-refractivity contribution in [3.63, 3.8) is 0 Å². The van der Waals surface area contributed by atoms with Gasteiger partial charge in [0.1, 0.15) is 5.56 Å². The zero-order chi connectivity index (χ0) is 16.4. The van der Waals surface area contributed by atoms with Crippen LogP contribution in [-0.4, -0.2) is 35.4 Å². The number of carbonyl (C=O) groups is 1. The average molecular weight is 332 g/mol. The Balaban J connectivity index is 1.95. The normalized spacial score (nSPS) is 18.0. The van der Waals surface area contributed by atoms with Gasteiger partial charge in [-0.2, -0.15) is 0 Å². The van der Waals surface area contributed by atoms with Gasteiger partial charge in [-0.3, -0.25) is 9.59 Å². The molecule has 3 rings (SSSR count). The van der Waals surface area contributed by atoms with E-state index in [0.717, 1.165) is 11.3 Å². The third-order valence-corrected chi connectivity index (χ3v) is 4.26. The predicted octanol–water partition coefficient (Wildman–Crippen LogP) is 2.12. The predicted molar refractivity (Wildman–Crippen MR) is 89.9 cm³/mol. The fourth-order valence-corrected chi connectivity index (χ4v) is 3.05. The van der Waals surface area contributed by atoms with E-state index < -0.39 is 0 Å². The summed E-state index contributed by atoms with van der Waals surface area (Å²) in [6.45, 7) is 3.67. The first kappa shape index (κ1) is 15.8. The Labute approximate surface area is 139 Å². The SMILES string of the molecule is Cc1cc(=O)c(C(=O)N2CCNCC2c2cccc(Cl)c2)c[nH]1. The van der Waals surface area contributed by atoms with Crippen molar-refractivity contribution in [3.05, 3.63) is 68.6 Å². The summed E-state index contributed by atoms with van der Waals surface area (Å²) in [5, 5.41) is 3.92. The number of nitrogens with one attached hydrogen (secondary N) is 2. The summed E-state index contributed by atoms with van der Waals surface area (Å²) in [4.78, 5) is 29.6. The van der Waals surface area contributed by atoms with Crippen LogP contribution in [0.2, 0.25) is 5.02 Å². The molecule has 1 aromatic carbocycles. The van der Waals surface area contributed by atoms with Gasteiger partial charge in [0.25, 0.3) is 5.91 Å². The van der Waals surface area contributed by atoms with Crippen molar-refractivity contribution in [1.82, 2.24) is 15.2 Å². The van der Waals surface area contributed by atoms with Crippen molar-refractivity contribution in [1.29, 1.82) is 0 Å². The van der Waals surface area contributed by atoms with Crippen LogP contribution in [0.1, 0.15) is 27.7 Å². The van der Waals surface area contributed by atoms with Crippen LogP contribution in [0.3, 0.4) is 0 Å². The highest BCUT2D eigenvalue weighted by atomic mass is 35.5. The number of aromatic amines is 1. The molecule has 0 saturated carbocycles. The largest absolute Gasteiger partial charge is 0.364 e. The summed E-state index contributed by atoms with van der Waals surface area (Å²) < 4.78 is 0. The molecule has 1 aromatic heterocycles. The number of amides is 1. The maximum absolute atomic E-state index is 12.8. The molecule has 6 heteroatoms. The fraction of sp³-hybridized carbons (Fsp3) is 0.294. The van der Waals surface area contributed by atoms with E-state index in [0.29, 0.717) is 24.7 Å². The second-order valence-electron chi connectivity index (χ2n) is 5.67. The minimum Gasteiger partial charge on any atom is -0.364 e. The molecule has 1 saturated heterocycles. The number of hydrogen-bond acceptors (Lipinski definition) is 3. The van der Waals surface area contributed by atoms with Crippen LogP contribution in [0.4, 0.5) is 0 Å². The molecule has 0 radical (unpaired) electrons. The van der Waals surface area contributed by atoms with Crippen molar-refractivity contribution in [3.8, 4) is 0 Å². The lowest BCUT2D eigenvalue weighted by Crippen LogP contribution is -2.49. The first-order valence-electron chi connectivity index (χ1n) is 7.53. The van der Waals surface area contributed by atoms with E-state index in [9.17, 15) is 9.59 Å². The van der Waals surface area contributed by atoms with Crippen molar-refractivity contribution < 1.29 is 4.79 Å². The third kappa shape index (κ3) is 3.30. The van der Waals surface area contributed by atoms with E-state index in [1.165, 1.54) is 12.3 Å². The van der Waals surface area contributed by atoms with E-state index in [-0.39, 0.29) is 22.9 Å². The number of benzene rings is 1. The van der Waals surface area contributed by atoms with Gasteiger partial charge in [0.15, 0.2) is 5.43 Å². The highest BCUT2D eigenvalue weighted by Crippen LogP contribution is 2.25. The van der Waals surface area contributed by atoms with Gasteiger partial charge in [-0.25, -0.2) is 0 Å². The van der Waals surface area contributed by atoms with Gasteiger partial charge in [-0.1, -0.05) is 23.7 Å². The van der Waals surface area contributed by atoms with Crippen LogP contribution >= 0.6 is 11.6 Å². The van der Waals surface area contributed by atoms with E-state index in [4.69, 9.17) is 11.6 Å². The van der Waals surface area contributed by atoms with Crippen LogP contribution < -0.4 is 10.7 Å². The molecule has 2 aromatic rings. The van der Waals surface area contributed by atoms with Gasteiger partial charge in [0, 0.05) is 42.6 Å². The van der Waals surface area contributed by atoms with Gasteiger partial charge >= 0.3 is 0 Å². The van der Waals surface area contributed by atoms with Gasteiger partial charge in [0.2, 0.25) is 0 Å². The minimum absolute atomic E-state index is 0.143. The number of aromatic nitrogens is 1. The maximum atomic E-state index is 12.8. The smallest absolute Gasteiger partial charge is 0.259 e. The van der Waals surface area contributed by atoms with Crippen LogP contribution in [0.5, 0.6) is 0 Å². The summed E-state index contributed by atoms with van der Waals surface area (Å²) in [7, 11) is 0. The molecular formula is C17H18ClN3O2. The summed E-state index contributed by atoms with van der Waals surface area (Å²) >= 11 is 6.07. The molecule has 1 fully saturated rings. The molecule has 1 atom stereocenters. The van der Waals surface area contributed by atoms with Crippen molar-refractivity contribution in [2.24, 2.45) is 0 Å². The van der Waals surface area contributed by atoms with Crippen molar-refractivity contribution in [2.75, 3.05) is 19.6 Å². The number of aryl methyl sites for hydroxylation is 1. The Morgan fingerprint density at radius 1 is 1.35 bits per heavy atom. The molecule has 23 heavy (non-hydrogen) atoms. The number of H-pyrrole nitrogens is 1. The monoisotopic (exact) mass is 331 g/mol. The molecule has 0 bridgehead atoms. The van der Waals surface area contributed by atoms with E-state index in [1.54, 1.807) is 17.9 Å². The van der Waals surface area contributed by atoms with Crippen LogP contribution in [0, 0.1) is 6.92 Å². The molecule has 1 aliphatic rings. The number of carbonyl (C=O) groups excluding carboxylic acids is 1. The molecule has 0 aliphatic carbocycles. The van der Waals surface area contributed by atoms with E-state index in [2.05, 4.69) is 10.3 Å². The molecular weight excluding hydrogens is 314 g/mol. The molecule has 0 spiro atoms. The van der Waals surface area contributed by atoms with Gasteiger partial charge in [-0.05, 0) is 24.6 Å². The lowest BCUT2D eigenvalue weighted by Gasteiger charge is -2.36. The number of nitrogens with zero attached hydrogens (tertiary/aromatic N) is 1. The summed E-state index contributed by atoms with van der Waals surface area (Å²) in [5.74, 6) is -0.252. The molecule has 1 aliphatic heterocycles. The number of pyridine rings is 1. The Hall–Kier alpha value is -2.11. The Kier molecular flexibility index (Phi) is 4.50. The zero-order valence-electron chi connectivity index (χ0n) is 12.8.